The van der Waals surface area contributed by atoms with E-state index in [1.54, 1.807) is 0 Å². The first-order valence-electron chi connectivity index (χ1n) is 13.8. The second kappa shape index (κ2) is 11.9. The smallest absolute Gasteiger partial charge is 0.121 e. The predicted molar refractivity (Wildman–Crippen MR) is 173 cm³/mol. The maximum Gasteiger partial charge on any atom is 0.121 e. The molecule has 1 radical (unpaired) electrons. The Morgan fingerprint density at radius 1 is 0.690 bits per heavy atom. The van der Waals surface area contributed by atoms with Gasteiger partial charge in [-0.15, -0.1) is 64.9 Å². The first-order chi connectivity index (χ1) is 19.7. The molecule has 0 aliphatic carbocycles. The van der Waals surface area contributed by atoms with Crippen molar-refractivity contribution in [3.8, 4) is 22.5 Å². The third kappa shape index (κ3) is 5.57. The van der Waals surface area contributed by atoms with E-state index in [0.29, 0.717) is 0 Å². The molecule has 0 bridgehead atoms. The average Bonchev–Trinajstić information content (AvgIpc) is 3.47. The van der Waals surface area contributed by atoms with E-state index in [1.165, 1.54) is 48.3 Å². The van der Waals surface area contributed by atoms with Gasteiger partial charge in [-0.3, -0.25) is 0 Å². The van der Waals surface area contributed by atoms with Crippen molar-refractivity contribution in [2.24, 2.45) is 0 Å². The number of aromatic nitrogens is 2. The summed E-state index contributed by atoms with van der Waals surface area (Å²) in [6.07, 6.45) is 3.83. The quantitative estimate of drug-likeness (QED) is 0.166. The molecule has 5 heteroatoms. The number of thiophene rings is 1. The number of nitrogens with zero attached hydrogens (tertiary/aromatic N) is 2. The number of furan rings is 1. The van der Waals surface area contributed by atoms with Crippen LogP contribution in [-0.4, -0.2) is 9.97 Å². The molecule has 4 aromatic heterocycles. The summed E-state index contributed by atoms with van der Waals surface area (Å²) in [6.45, 7) is 14.8. The van der Waals surface area contributed by atoms with E-state index in [1.807, 2.05) is 35.9 Å². The van der Waals surface area contributed by atoms with Crippen LogP contribution in [0.25, 0.3) is 54.5 Å². The van der Waals surface area contributed by atoms with Crippen molar-refractivity contribution in [1.29, 1.82) is 0 Å². The van der Waals surface area contributed by atoms with Gasteiger partial charge in [-0.2, -0.15) is 0 Å². The van der Waals surface area contributed by atoms with Crippen molar-refractivity contribution in [3.05, 3.63) is 117 Å². The van der Waals surface area contributed by atoms with Gasteiger partial charge < -0.3 is 14.4 Å². The Morgan fingerprint density at radius 3 is 2.05 bits per heavy atom. The molecule has 0 spiro atoms. The topological polar surface area (TPSA) is 38.9 Å². The second-order valence-corrected chi connectivity index (χ2v) is 12.2. The standard InChI is InChI=1S/C23H18NOS.C14H14N.Ir/c1-12-8-20(24-11-13(12)2)17-7-5-6-16-19-10-22-18(14(3)15(4)26-22)9-21(19)25-23(16)17;1-10-4-6-13(7-5-10)14-8-11(2)12(3)9-15-14;/h5-6,8-11H,1-4H3;4-6,8-9H,1-3H3;/q2*-1;. The van der Waals surface area contributed by atoms with Gasteiger partial charge in [-0.05, 0) is 87.1 Å². The molecule has 3 nitrogen and oxygen atoms in total. The fourth-order valence-electron chi connectivity index (χ4n) is 4.96. The molecule has 0 amide bonds. The van der Waals surface area contributed by atoms with Gasteiger partial charge in [0.05, 0.1) is 5.58 Å². The molecular formula is C37H32IrN2OS-2. The minimum Gasteiger partial charge on any atom is -0.501 e. The minimum absolute atomic E-state index is 0. The molecule has 4 heterocycles. The zero-order valence-corrected chi connectivity index (χ0v) is 28.1. The van der Waals surface area contributed by atoms with E-state index in [4.69, 9.17) is 4.42 Å². The fraction of sp³-hybridized carbons (Fsp3) is 0.189. The number of aryl methyl sites for hydroxylation is 7. The summed E-state index contributed by atoms with van der Waals surface area (Å²) in [6, 6.07) is 25.4. The number of fused-ring (bicyclic) bond motifs is 4. The summed E-state index contributed by atoms with van der Waals surface area (Å²) in [5, 5.41) is 3.57. The summed E-state index contributed by atoms with van der Waals surface area (Å²) in [4.78, 5) is 10.4. The monoisotopic (exact) mass is 745 g/mol. The van der Waals surface area contributed by atoms with Crippen LogP contribution in [0.2, 0.25) is 0 Å². The zero-order chi connectivity index (χ0) is 28.8. The average molecular weight is 745 g/mol. The normalized spacial score (nSPS) is 11.0. The van der Waals surface area contributed by atoms with E-state index >= 15 is 0 Å². The van der Waals surface area contributed by atoms with Crippen molar-refractivity contribution >= 4 is 43.4 Å². The van der Waals surface area contributed by atoms with E-state index in [0.717, 1.165) is 44.5 Å². The van der Waals surface area contributed by atoms with Crippen LogP contribution in [0, 0.1) is 60.6 Å². The molecule has 42 heavy (non-hydrogen) atoms. The molecule has 0 saturated carbocycles. The van der Waals surface area contributed by atoms with Crippen LogP contribution in [0.15, 0.2) is 71.4 Å². The maximum atomic E-state index is 6.31. The Balaban J connectivity index is 0.000000189. The van der Waals surface area contributed by atoms with Crippen molar-refractivity contribution in [2.75, 3.05) is 0 Å². The van der Waals surface area contributed by atoms with E-state index in [9.17, 15) is 0 Å². The molecule has 7 rings (SSSR count). The maximum absolute atomic E-state index is 6.31. The van der Waals surface area contributed by atoms with Crippen LogP contribution in [0.3, 0.4) is 0 Å². The SMILES string of the molecule is Cc1c[c-]c(-c2cc(C)c(C)cn2)cc1.Cc1cnc(-c2[c-]ccc3c2oc2cc4c(C)c(C)sc4cc23)cc1C.[Ir]. The molecule has 0 atom stereocenters. The molecule has 0 saturated heterocycles. The molecule has 0 aliphatic heterocycles. The van der Waals surface area contributed by atoms with Crippen LogP contribution in [0.5, 0.6) is 0 Å². The molecule has 0 unspecified atom stereocenters. The van der Waals surface area contributed by atoms with Crippen LogP contribution in [0.4, 0.5) is 0 Å². The summed E-state index contributed by atoms with van der Waals surface area (Å²) in [5.74, 6) is 0. The number of pyridine rings is 2. The van der Waals surface area contributed by atoms with Crippen LogP contribution < -0.4 is 0 Å². The van der Waals surface area contributed by atoms with E-state index in [-0.39, 0.29) is 20.1 Å². The number of rotatable bonds is 2. The van der Waals surface area contributed by atoms with E-state index in [2.05, 4.69) is 113 Å². The molecule has 213 valence electrons. The van der Waals surface area contributed by atoms with Gasteiger partial charge in [0.25, 0.3) is 0 Å². The van der Waals surface area contributed by atoms with Crippen molar-refractivity contribution in [3.63, 3.8) is 0 Å². The van der Waals surface area contributed by atoms with Gasteiger partial charge in [0, 0.05) is 47.5 Å². The Hall–Kier alpha value is -3.63. The minimum atomic E-state index is 0. The fourth-order valence-corrected chi connectivity index (χ4v) is 6.05. The second-order valence-electron chi connectivity index (χ2n) is 10.9. The third-order valence-corrected chi connectivity index (χ3v) is 9.14. The largest absolute Gasteiger partial charge is 0.501 e. The Kier molecular flexibility index (Phi) is 8.48. The Bertz CT molecular complexity index is 2070. The number of benzene rings is 3. The summed E-state index contributed by atoms with van der Waals surface area (Å²) < 4.78 is 7.63. The summed E-state index contributed by atoms with van der Waals surface area (Å²) in [5.41, 5.74) is 13.2. The molecule has 7 aromatic rings. The summed E-state index contributed by atoms with van der Waals surface area (Å²) >= 11 is 1.85. The number of hydrogen-bond acceptors (Lipinski definition) is 4. The molecule has 0 N–H and O–H groups in total. The predicted octanol–water partition coefficient (Wildman–Crippen LogP) is 10.4. The van der Waals surface area contributed by atoms with Gasteiger partial charge in [0.2, 0.25) is 0 Å². The third-order valence-electron chi connectivity index (χ3n) is 7.97. The van der Waals surface area contributed by atoms with Crippen molar-refractivity contribution in [2.45, 2.75) is 48.5 Å². The first kappa shape index (κ1) is 29.8. The van der Waals surface area contributed by atoms with Gasteiger partial charge in [0.1, 0.15) is 5.58 Å². The molecule has 3 aromatic carbocycles. The van der Waals surface area contributed by atoms with Gasteiger partial charge >= 0.3 is 0 Å². The van der Waals surface area contributed by atoms with E-state index < -0.39 is 0 Å². The van der Waals surface area contributed by atoms with Crippen LogP contribution >= 0.6 is 11.3 Å². The Morgan fingerprint density at radius 2 is 1.38 bits per heavy atom. The van der Waals surface area contributed by atoms with Crippen molar-refractivity contribution < 1.29 is 24.5 Å². The van der Waals surface area contributed by atoms with Gasteiger partial charge in [-0.25, -0.2) is 0 Å². The summed E-state index contributed by atoms with van der Waals surface area (Å²) in [7, 11) is 0. The van der Waals surface area contributed by atoms with Crippen LogP contribution in [0.1, 0.15) is 38.3 Å². The Labute approximate surface area is 265 Å². The van der Waals surface area contributed by atoms with Crippen molar-refractivity contribution in [1.82, 2.24) is 9.97 Å². The molecule has 0 aliphatic rings. The van der Waals surface area contributed by atoms with Gasteiger partial charge in [0.15, 0.2) is 0 Å². The molecule has 0 fully saturated rings. The first-order valence-corrected chi connectivity index (χ1v) is 14.6. The van der Waals surface area contributed by atoms with Crippen LogP contribution in [-0.2, 0) is 20.1 Å². The zero-order valence-electron chi connectivity index (χ0n) is 24.9. The van der Waals surface area contributed by atoms with Gasteiger partial charge in [-0.1, -0.05) is 41.1 Å². The number of hydrogen-bond donors (Lipinski definition) is 0. The molecular weight excluding hydrogens is 713 g/mol.